The summed E-state index contributed by atoms with van der Waals surface area (Å²) in [5.74, 6) is -0.564. The van der Waals surface area contributed by atoms with Crippen LogP contribution in [0.15, 0.2) is 66.9 Å². The number of aryl methyl sites for hydroxylation is 3. The summed E-state index contributed by atoms with van der Waals surface area (Å²) < 4.78 is 13.1. The number of carbonyl (C=O) groups excluding carboxylic acids is 3. The molecule has 0 unspecified atom stereocenters. The summed E-state index contributed by atoms with van der Waals surface area (Å²) in [6, 6.07) is 19.5. The minimum atomic E-state index is -0.520. The number of anilines is 1. The van der Waals surface area contributed by atoms with Crippen LogP contribution in [0.5, 0.6) is 0 Å². The van der Waals surface area contributed by atoms with Crippen molar-refractivity contribution >= 4 is 46.2 Å². The smallest absolute Gasteiger partial charge is 0.410 e. The summed E-state index contributed by atoms with van der Waals surface area (Å²) in [7, 11) is 0. The van der Waals surface area contributed by atoms with Crippen LogP contribution in [-0.4, -0.2) is 93.5 Å². The summed E-state index contributed by atoms with van der Waals surface area (Å²) in [5, 5.41) is 16.1. The van der Waals surface area contributed by atoms with E-state index in [1.807, 2.05) is 75.8 Å². The molecule has 0 saturated carbocycles. The minimum absolute atomic E-state index is 0.236. The Morgan fingerprint density at radius 3 is 2.27 bits per heavy atom. The van der Waals surface area contributed by atoms with E-state index in [4.69, 9.17) is 26.1 Å². The van der Waals surface area contributed by atoms with Gasteiger partial charge in [-0.1, -0.05) is 42.8 Å². The van der Waals surface area contributed by atoms with Crippen LogP contribution in [0, 0.1) is 6.92 Å². The molecule has 0 atom stereocenters. The van der Waals surface area contributed by atoms with E-state index in [0.717, 1.165) is 88.3 Å². The molecule has 2 aromatic heterocycles. The van der Waals surface area contributed by atoms with Gasteiger partial charge in [0.1, 0.15) is 5.60 Å². The molecular weight excluding hydrogens is 804 g/mol. The van der Waals surface area contributed by atoms with Gasteiger partial charge in [0.05, 0.1) is 17.3 Å². The van der Waals surface area contributed by atoms with E-state index in [-0.39, 0.29) is 37.0 Å². The first-order valence-corrected chi connectivity index (χ1v) is 22.1. The van der Waals surface area contributed by atoms with Crippen molar-refractivity contribution < 1.29 is 23.9 Å². The molecule has 14 heteroatoms. The van der Waals surface area contributed by atoms with Crippen LogP contribution in [-0.2, 0) is 42.1 Å². The number of halogens is 1. The largest absolute Gasteiger partial charge is 0.444 e. The molecule has 0 aliphatic carbocycles. The molecular formula is C48H59ClN8O5. The number of benzene rings is 3. The lowest BCUT2D eigenvalue weighted by molar-refractivity contribution is 0.0139. The highest BCUT2D eigenvalue weighted by Crippen LogP contribution is 2.32. The highest BCUT2D eigenvalue weighted by Gasteiger charge is 2.27. The molecule has 3 amide bonds. The van der Waals surface area contributed by atoms with E-state index in [0.29, 0.717) is 55.4 Å². The molecule has 13 nitrogen and oxygen atoms in total. The van der Waals surface area contributed by atoms with E-state index in [9.17, 15) is 14.4 Å². The van der Waals surface area contributed by atoms with Crippen molar-refractivity contribution in [2.24, 2.45) is 0 Å². The number of piperazine rings is 1. The molecule has 0 bridgehead atoms. The fourth-order valence-corrected chi connectivity index (χ4v) is 8.34. The Morgan fingerprint density at radius 2 is 1.60 bits per heavy atom. The highest BCUT2D eigenvalue weighted by atomic mass is 35.5. The second-order valence-electron chi connectivity index (χ2n) is 17.2. The first kappa shape index (κ1) is 44.6. The lowest BCUT2D eigenvalue weighted by Gasteiger charge is -2.35. The molecule has 2 aliphatic rings. The number of carbonyl (C=O) groups is 3. The quantitative estimate of drug-likeness (QED) is 0.107. The normalized spacial score (nSPS) is 15.1. The zero-order chi connectivity index (χ0) is 44.0. The maximum absolute atomic E-state index is 13.8. The van der Waals surface area contributed by atoms with Gasteiger partial charge in [0, 0.05) is 105 Å². The van der Waals surface area contributed by atoms with Gasteiger partial charge in [-0.2, -0.15) is 5.10 Å². The minimum Gasteiger partial charge on any atom is -0.444 e. The van der Waals surface area contributed by atoms with Crippen LogP contribution in [0.2, 0.25) is 5.02 Å². The van der Waals surface area contributed by atoms with Crippen LogP contribution in [0.4, 0.5) is 10.5 Å². The molecule has 2 aliphatic heterocycles. The van der Waals surface area contributed by atoms with Gasteiger partial charge in [-0.15, -0.1) is 0 Å². The Bertz CT molecular complexity index is 2410. The maximum atomic E-state index is 13.8. The van der Waals surface area contributed by atoms with Crippen molar-refractivity contribution in [1.29, 1.82) is 0 Å². The molecule has 7 rings (SSSR count). The van der Waals surface area contributed by atoms with Gasteiger partial charge in [0.15, 0.2) is 5.65 Å². The fraction of sp³-hybridized carbons (Fsp3) is 0.438. The van der Waals surface area contributed by atoms with Crippen LogP contribution < -0.4 is 16.0 Å². The molecule has 328 valence electrons. The maximum Gasteiger partial charge on any atom is 0.410 e. The lowest BCUT2D eigenvalue weighted by Crippen LogP contribution is -2.49. The molecule has 2 fully saturated rings. The van der Waals surface area contributed by atoms with Gasteiger partial charge in [-0.25, -0.2) is 14.5 Å². The Hall–Kier alpha value is -5.50. The van der Waals surface area contributed by atoms with E-state index in [1.165, 1.54) is 0 Å². The molecule has 3 N–H and O–H groups in total. The standard InChI is InChI=1S/C48H59ClN8O5/c1-7-42-39(43(53-37-14-20-61-21-15-37)40-29-52-57(8-2)44(40)54-42)28-51-46(59)36-23-31(3)22-35(26-36)45(58)50-27-32-12-13-41(49)38(25-32)34-11-9-10-33(24-34)30-55-16-18-56(19-17-55)47(60)62-48(4,5)6/h9-13,22-26,29,37H,7-8,14-21,27-28,30H2,1-6H3,(H,50,58)(H,51,59)(H,53,54). The van der Waals surface area contributed by atoms with Crippen molar-refractivity contribution in [2.75, 3.05) is 44.7 Å². The number of amides is 3. The van der Waals surface area contributed by atoms with E-state index < -0.39 is 5.60 Å². The van der Waals surface area contributed by atoms with Crippen LogP contribution in [0.25, 0.3) is 22.2 Å². The third-order valence-corrected chi connectivity index (χ3v) is 11.7. The second-order valence-corrected chi connectivity index (χ2v) is 17.6. The number of nitrogens with one attached hydrogen (secondary N) is 3. The Kier molecular flexibility index (Phi) is 14.1. The molecule has 5 aromatic rings. The second kappa shape index (κ2) is 19.7. The summed E-state index contributed by atoms with van der Waals surface area (Å²) >= 11 is 6.76. The summed E-state index contributed by atoms with van der Waals surface area (Å²) in [4.78, 5) is 49.1. The topological polar surface area (TPSA) is 143 Å². The number of hydrogen-bond donors (Lipinski definition) is 3. The molecule has 4 heterocycles. The molecule has 3 aromatic carbocycles. The fourth-order valence-electron chi connectivity index (χ4n) is 8.12. The zero-order valence-electron chi connectivity index (χ0n) is 36.8. The van der Waals surface area contributed by atoms with Crippen molar-refractivity contribution in [1.82, 2.24) is 35.2 Å². The van der Waals surface area contributed by atoms with Crippen LogP contribution >= 0.6 is 11.6 Å². The van der Waals surface area contributed by atoms with Gasteiger partial charge in [-0.3, -0.25) is 14.5 Å². The van der Waals surface area contributed by atoms with Crippen molar-refractivity contribution in [3.8, 4) is 11.1 Å². The van der Waals surface area contributed by atoms with Crippen molar-refractivity contribution in [3.63, 3.8) is 0 Å². The number of ether oxygens (including phenoxy) is 2. The number of hydrogen-bond acceptors (Lipinski definition) is 9. The zero-order valence-corrected chi connectivity index (χ0v) is 37.5. The van der Waals surface area contributed by atoms with E-state index in [1.54, 1.807) is 23.1 Å². The third-order valence-electron chi connectivity index (χ3n) is 11.4. The van der Waals surface area contributed by atoms with Gasteiger partial charge in [-0.05, 0) is 113 Å². The summed E-state index contributed by atoms with van der Waals surface area (Å²) in [6.07, 6.45) is 4.05. The monoisotopic (exact) mass is 862 g/mol. The van der Waals surface area contributed by atoms with Gasteiger partial charge in [0.2, 0.25) is 0 Å². The molecule has 62 heavy (non-hydrogen) atoms. The Labute approximate surface area is 369 Å². The first-order valence-electron chi connectivity index (χ1n) is 21.8. The predicted molar refractivity (Wildman–Crippen MR) is 244 cm³/mol. The third kappa shape index (κ3) is 10.9. The average Bonchev–Trinajstić information content (AvgIpc) is 3.68. The summed E-state index contributed by atoms with van der Waals surface area (Å²) in [6.45, 7) is 17.8. The first-order chi connectivity index (χ1) is 29.8. The van der Waals surface area contributed by atoms with E-state index in [2.05, 4.69) is 45.0 Å². The molecule has 0 radical (unpaired) electrons. The van der Waals surface area contributed by atoms with Crippen LogP contribution in [0.1, 0.15) is 96.1 Å². The number of rotatable bonds is 13. The molecule has 2 saturated heterocycles. The summed E-state index contributed by atoms with van der Waals surface area (Å²) in [5.41, 5.74) is 8.57. The lowest BCUT2D eigenvalue weighted by atomic mass is 10.0. The van der Waals surface area contributed by atoms with Gasteiger partial charge >= 0.3 is 6.09 Å². The number of nitrogens with zero attached hydrogens (tertiary/aromatic N) is 5. The number of pyridine rings is 1. The average molecular weight is 864 g/mol. The Morgan fingerprint density at radius 1 is 0.887 bits per heavy atom. The highest BCUT2D eigenvalue weighted by molar-refractivity contribution is 6.33. The van der Waals surface area contributed by atoms with E-state index >= 15 is 0 Å². The number of fused-ring (bicyclic) bond motifs is 1. The Balaban J connectivity index is 0.994. The predicted octanol–water partition coefficient (Wildman–Crippen LogP) is 8.15. The van der Waals surface area contributed by atoms with Crippen LogP contribution in [0.3, 0.4) is 0 Å². The van der Waals surface area contributed by atoms with Crippen molar-refractivity contribution in [2.45, 2.75) is 98.6 Å². The van der Waals surface area contributed by atoms with Gasteiger partial charge in [0.25, 0.3) is 11.8 Å². The SMILES string of the molecule is CCc1nc2c(cnn2CC)c(NC2CCOCC2)c1CNC(=O)c1cc(C)cc(C(=O)NCc2ccc(Cl)c(-c3cccc(CN4CCN(C(=O)OC(C)(C)C)CC4)c3)c2)c1. The molecule has 0 spiro atoms. The van der Waals surface area contributed by atoms with Gasteiger partial charge < -0.3 is 30.3 Å². The van der Waals surface area contributed by atoms with Crippen molar-refractivity contribution in [3.05, 3.63) is 111 Å². The number of aromatic nitrogens is 3.